The summed E-state index contributed by atoms with van der Waals surface area (Å²) in [7, 11) is 0. The topological polar surface area (TPSA) is 62.2 Å². The number of carbonyl (C=O) groups excluding carboxylic acids is 1. The van der Waals surface area contributed by atoms with Crippen molar-refractivity contribution >= 4 is 11.6 Å². The van der Waals surface area contributed by atoms with E-state index in [0.717, 1.165) is 17.0 Å². The lowest BCUT2D eigenvalue weighted by Gasteiger charge is -2.09. The number of aromatic nitrogens is 1. The standard InChI is InChI=1S/C15H16N2O2/c1-9-4-6-12(8-14(9)18)15(19)17-13-7-5-10(2)16-11(13)3/h4-8,18H,1-3H3,(H,17,19). The second kappa shape index (κ2) is 5.10. The number of hydrogen-bond donors (Lipinski definition) is 2. The highest BCUT2D eigenvalue weighted by Gasteiger charge is 2.09. The zero-order chi connectivity index (χ0) is 14.0. The van der Waals surface area contributed by atoms with Gasteiger partial charge in [0.25, 0.3) is 5.91 Å². The van der Waals surface area contributed by atoms with E-state index < -0.39 is 0 Å². The minimum Gasteiger partial charge on any atom is -0.508 e. The molecule has 1 heterocycles. The number of rotatable bonds is 2. The molecular weight excluding hydrogens is 240 g/mol. The molecule has 4 heteroatoms. The Kier molecular flexibility index (Phi) is 3.51. The molecule has 0 unspecified atom stereocenters. The fourth-order valence-corrected chi connectivity index (χ4v) is 1.76. The first-order valence-corrected chi connectivity index (χ1v) is 6.02. The fourth-order valence-electron chi connectivity index (χ4n) is 1.76. The highest BCUT2D eigenvalue weighted by molar-refractivity contribution is 6.04. The van der Waals surface area contributed by atoms with E-state index in [4.69, 9.17) is 0 Å². The molecule has 4 nitrogen and oxygen atoms in total. The monoisotopic (exact) mass is 256 g/mol. The van der Waals surface area contributed by atoms with Crippen molar-refractivity contribution in [2.75, 3.05) is 5.32 Å². The Morgan fingerprint density at radius 1 is 1.16 bits per heavy atom. The van der Waals surface area contributed by atoms with Gasteiger partial charge in [-0.1, -0.05) is 6.07 Å². The Morgan fingerprint density at radius 3 is 2.53 bits per heavy atom. The van der Waals surface area contributed by atoms with Gasteiger partial charge in [0, 0.05) is 11.3 Å². The molecule has 0 aliphatic carbocycles. The van der Waals surface area contributed by atoms with Crippen LogP contribution in [0.15, 0.2) is 30.3 Å². The summed E-state index contributed by atoms with van der Waals surface area (Å²) in [5, 5.41) is 12.4. The number of aromatic hydroxyl groups is 1. The Balaban J connectivity index is 2.23. The van der Waals surface area contributed by atoms with Gasteiger partial charge in [0.15, 0.2) is 0 Å². The molecule has 0 aliphatic rings. The highest BCUT2D eigenvalue weighted by Crippen LogP contribution is 2.19. The van der Waals surface area contributed by atoms with Crippen molar-refractivity contribution in [1.29, 1.82) is 0 Å². The number of amides is 1. The van der Waals surface area contributed by atoms with Gasteiger partial charge in [-0.15, -0.1) is 0 Å². The first-order valence-electron chi connectivity index (χ1n) is 6.02. The molecule has 0 atom stereocenters. The maximum atomic E-state index is 12.1. The number of carbonyl (C=O) groups is 1. The normalized spacial score (nSPS) is 10.3. The van der Waals surface area contributed by atoms with Crippen molar-refractivity contribution < 1.29 is 9.90 Å². The number of pyridine rings is 1. The first-order chi connectivity index (χ1) is 8.97. The SMILES string of the molecule is Cc1ccc(NC(=O)c2ccc(C)c(O)c2)c(C)n1. The van der Waals surface area contributed by atoms with Gasteiger partial charge in [0.2, 0.25) is 0 Å². The molecule has 0 fully saturated rings. The summed E-state index contributed by atoms with van der Waals surface area (Å²) in [6.07, 6.45) is 0. The van der Waals surface area contributed by atoms with E-state index >= 15 is 0 Å². The molecule has 0 saturated heterocycles. The Morgan fingerprint density at radius 2 is 1.89 bits per heavy atom. The van der Waals surface area contributed by atoms with Crippen LogP contribution in [0.4, 0.5) is 5.69 Å². The van der Waals surface area contributed by atoms with Crippen LogP contribution in [0.1, 0.15) is 27.3 Å². The van der Waals surface area contributed by atoms with Crippen LogP contribution in [0.25, 0.3) is 0 Å². The van der Waals surface area contributed by atoms with Gasteiger partial charge in [0.05, 0.1) is 11.4 Å². The molecule has 0 radical (unpaired) electrons. The lowest BCUT2D eigenvalue weighted by atomic mass is 10.1. The zero-order valence-corrected chi connectivity index (χ0v) is 11.2. The third kappa shape index (κ3) is 2.91. The average molecular weight is 256 g/mol. The third-order valence-electron chi connectivity index (χ3n) is 2.94. The minimum absolute atomic E-state index is 0.117. The van der Waals surface area contributed by atoms with E-state index in [1.165, 1.54) is 6.07 Å². The van der Waals surface area contributed by atoms with Crippen LogP contribution < -0.4 is 5.32 Å². The summed E-state index contributed by atoms with van der Waals surface area (Å²) in [6, 6.07) is 8.52. The van der Waals surface area contributed by atoms with Gasteiger partial charge in [0.1, 0.15) is 5.75 Å². The number of hydrogen-bond acceptors (Lipinski definition) is 3. The molecule has 19 heavy (non-hydrogen) atoms. The second-order valence-electron chi connectivity index (χ2n) is 4.54. The van der Waals surface area contributed by atoms with Crippen molar-refractivity contribution in [1.82, 2.24) is 4.98 Å². The molecule has 98 valence electrons. The predicted octanol–water partition coefficient (Wildman–Crippen LogP) is 2.96. The number of phenolic OH excluding ortho intramolecular Hbond substituents is 1. The molecule has 1 aromatic heterocycles. The van der Waals surface area contributed by atoms with Crippen LogP contribution in [-0.2, 0) is 0 Å². The van der Waals surface area contributed by atoms with E-state index in [1.807, 2.05) is 26.0 Å². The van der Waals surface area contributed by atoms with Crippen molar-refractivity contribution in [2.45, 2.75) is 20.8 Å². The molecule has 0 spiro atoms. The maximum absolute atomic E-state index is 12.1. The van der Waals surface area contributed by atoms with Crippen LogP contribution >= 0.6 is 0 Å². The lowest BCUT2D eigenvalue weighted by molar-refractivity contribution is 0.102. The molecule has 1 aromatic carbocycles. The number of phenols is 1. The Hall–Kier alpha value is -2.36. The molecule has 0 saturated carbocycles. The molecule has 0 aliphatic heterocycles. The van der Waals surface area contributed by atoms with Crippen molar-refractivity contribution in [2.24, 2.45) is 0 Å². The Bertz CT molecular complexity index is 636. The number of nitrogens with zero attached hydrogens (tertiary/aromatic N) is 1. The zero-order valence-electron chi connectivity index (χ0n) is 11.2. The first kappa shape index (κ1) is 13.1. The predicted molar refractivity (Wildman–Crippen MR) is 74.5 cm³/mol. The van der Waals surface area contributed by atoms with Crippen LogP contribution in [0.3, 0.4) is 0 Å². The Labute approximate surface area is 112 Å². The molecule has 1 amide bonds. The summed E-state index contributed by atoms with van der Waals surface area (Å²) in [6.45, 7) is 5.52. The van der Waals surface area contributed by atoms with Gasteiger partial charge < -0.3 is 10.4 Å². The third-order valence-corrected chi connectivity index (χ3v) is 2.94. The van der Waals surface area contributed by atoms with Gasteiger partial charge in [-0.05, 0) is 50.6 Å². The summed E-state index contributed by atoms with van der Waals surface area (Å²) in [5.74, 6) is -0.143. The summed E-state index contributed by atoms with van der Waals surface area (Å²) in [5.41, 5.74) is 3.51. The minimum atomic E-state index is -0.260. The van der Waals surface area contributed by atoms with E-state index in [0.29, 0.717) is 11.3 Å². The molecule has 2 N–H and O–H groups in total. The largest absolute Gasteiger partial charge is 0.508 e. The number of nitrogens with one attached hydrogen (secondary N) is 1. The van der Waals surface area contributed by atoms with Crippen molar-refractivity contribution in [3.05, 3.63) is 52.8 Å². The quantitative estimate of drug-likeness (QED) is 0.868. The van der Waals surface area contributed by atoms with E-state index in [-0.39, 0.29) is 11.7 Å². The fraction of sp³-hybridized carbons (Fsp3) is 0.200. The average Bonchev–Trinajstić information content (AvgIpc) is 2.36. The van der Waals surface area contributed by atoms with Crippen molar-refractivity contribution in [3.63, 3.8) is 0 Å². The second-order valence-corrected chi connectivity index (χ2v) is 4.54. The summed E-state index contributed by atoms with van der Waals surface area (Å²) < 4.78 is 0. The summed E-state index contributed by atoms with van der Waals surface area (Å²) >= 11 is 0. The van der Waals surface area contributed by atoms with Gasteiger partial charge in [-0.3, -0.25) is 9.78 Å². The smallest absolute Gasteiger partial charge is 0.255 e. The summed E-state index contributed by atoms with van der Waals surface area (Å²) in [4.78, 5) is 16.4. The molecule has 2 rings (SSSR count). The number of aryl methyl sites for hydroxylation is 3. The lowest BCUT2D eigenvalue weighted by Crippen LogP contribution is -2.13. The number of anilines is 1. The van der Waals surface area contributed by atoms with Crippen LogP contribution in [0.5, 0.6) is 5.75 Å². The van der Waals surface area contributed by atoms with E-state index in [2.05, 4.69) is 10.3 Å². The van der Waals surface area contributed by atoms with Gasteiger partial charge in [-0.25, -0.2) is 0 Å². The van der Waals surface area contributed by atoms with Crippen LogP contribution in [0, 0.1) is 20.8 Å². The van der Waals surface area contributed by atoms with Crippen LogP contribution in [0.2, 0.25) is 0 Å². The molecule has 0 bridgehead atoms. The van der Waals surface area contributed by atoms with Gasteiger partial charge in [-0.2, -0.15) is 0 Å². The number of benzene rings is 1. The maximum Gasteiger partial charge on any atom is 0.255 e. The highest BCUT2D eigenvalue weighted by atomic mass is 16.3. The van der Waals surface area contributed by atoms with E-state index in [9.17, 15) is 9.90 Å². The van der Waals surface area contributed by atoms with E-state index in [1.54, 1.807) is 19.1 Å². The molecule has 2 aromatic rings. The van der Waals surface area contributed by atoms with Gasteiger partial charge >= 0.3 is 0 Å². The molecular formula is C15H16N2O2. The van der Waals surface area contributed by atoms with Crippen molar-refractivity contribution in [3.8, 4) is 5.75 Å². The van der Waals surface area contributed by atoms with Crippen LogP contribution in [-0.4, -0.2) is 16.0 Å².